The Bertz CT molecular complexity index is 1350. The SMILES string of the molecule is CCCNc1nc(Nc2ccc(C(=N)OC)c([NH2+]C)c2)ncc1C#CCCCNC(=O)C1CCCN1C(=O)OC(C)(C)C. The van der Waals surface area contributed by atoms with Crippen LogP contribution in [0.5, 0.6) is 0 Å². The number of hydrogen-bond donors (Lipinski definition) is 5. The summed E-state index contributed by atoms with van der Waals surface area (Å²) in [6.07, 6.45) is 4.82. The Morgan fingerprint density at radius 1 is 1.26 bits per heavy atom. The van der Waals surface area contributed by atoms with Gasteiger partial charge in [0, 0.05) is 37.8 Å². The first kappa shape index (κ1) is 33.1. The van der Waals surface area contributed by atoms with E-state index in [0.29, 0.717) is 55.2 Å². The second kappa shape index (κ2) is 15.7. The maximum atomic E-state index is 12.7. The molecule has 2 amide bonds. The molecule has 1 aliphatic heterocycles. The Morgan fingerprint density at radius 2 is 2.05 bits per heavy atom. The largest absolute Gasteiger partial charge is 0.481 e. The zero-order chi connectivity index (χ0) is 31.4. The van der Waals surface area contributed by atoms with E-state index in [1.165, 1.54) is 12.0 Å². The third-order valence-corrected chi connectivity index (χ3v) is 6.58. The highest BCUT2D eigenvalue weighted by Gasteiger charge is 2.36. The average Bonchev–Trinajstić information content (AvgIpc) is 3.48. The maximum absolute atomic E-state index is 12.7. The van der Waals surface area contributed by atoms with Gasteiger partial charge in [0.05, 0.1) is 31.5 Å². The number of nitrogens with two attached hydrogens (primary N) is 1. The van der Waals surface area contributed by atoms with E-state index >= 15 is 0 Å². The van der Waals surface area contributed by atoms with Crippen LogP contribution in [0.15, 0.2) is 24.4 Å². The van der Waals surface area contributed by atoms with Gasteiger partial charge in [0.15, 0.2) is 0 Å². The van der Waals surface area contributed by atoms with Crippen molar-refractivity contribution in [1.29, 1.82) is 5.41 Å². The number of anilines is 3. The Kier molecular flexibility index (Phi) is 12.1. The fourth-order valence-electron chi connectivity index (χ4n) is 4.48. The van der Waals surface area contributed by atoms with Crippen LogP contribution in [0.1, 0.15) is 70.9 Å². The van der Waals surface area contributed by atoms with E-state index in [4.69, 9.17) is 14.9 Å². The minimum Gasteiger partial charge on any atom is -0.481 e. The van der Waals surface area contributed by atoms with Crippen molar-refractivity contribution in [2.45, 2.75) is 71.4 Å². The second-order valence-corrected chi connectivity index (χ2v) is 11.2. The molecule has 1 aromatic carbocycles. The van der Waals surface area contributed by atoms with Gasteiger partial charge in [0.25, 0.3) is 0 Å². The van der Waals surface area contributed by atoms with E-state index in [9.17, 15) is 9.59 Å². The molecule has 43 heavy (non-hydrogen) atoms. The quantitative estimate of drug-likeness (QED) is 0.0871. The molecule has 1 aliphatic rings. The van der Waals surface area contributed by atoms with Gasteiger partial charge < -0.3 is 30.7 Å². The Hall–Kier alpha value is -4.37. The predicted octanol–water partition coefficient (Wildman–Crippen LogP) is 3.49. The zero-order valence-electron chi connectivity index (χ0n) is 26.1. The Labute approximate surface area is 254 Å². The van der Waals surface area contributed by atoms with Crippen molar-refractivity contribution in [2.75, 3.05) is 44.4 Å². The number of ether oxygens (including phenoxy) is 2. The molecule has 12 heteroatoms. The first-order valence-electron chi connectivity index (χ1n) is 14.8. The minimum absolute atomic E-state index is 0.103. The van der Waals surface area contributed by atoms with Crippen molar-refractivity contribution in [3.05, 3.63) is 35.5 Å². The lowest BCUT2D eigenvalue weighted by Gasteiger charge is -2.28. The van der Waals surface area contributed by atoms with Crippen molar-refractivity contribution in [3.8, 4) is 11.8 Å². The van der Waals surface area contributed by atoms with Crippen LogP contribution < -0.4 is 21.3 Å². The van der Waals surface area contributed by atoms with Crippen LogP contribution in [0, 0.1) is 17.3 Å². The highest BCUT2D eigenvalue weighted by atomic mass is 16.6. The van der Waals surface area contributed by atoms with Gasteiger partial charge in [0.1, 0.15) is 23.1 Å². The molecular weight excluding hydrogens is 548 g/mol. The molecule has 2 heterocycles. The van der Waals surface area contributed by atoms with E-state index in [1.54, 1.807) is 6.20 Å². The van der Waals surface area contributed by atoms with E-state index in [0.717, 1.165) is 30.8 Å². The van der Waals surface area contributed by atoms with Gasteiger partial charge in [-0.1, -0.05) is 18.8 Å². The Morgan fingerprint density at radius 3 is 2.74 bits per heavy atom. The summed E-state index contributed by atoms with van der Waals surface area (Å²) in [5.41, 5.74) is 2.44. The van der Waals surface area contributed by atoms with Crippen molar-refractivity contribution < 1.29 is 24.4 Å². The lowest BCUT2D eigenvalue weighted by Crippen LogP contribution is -2.73. The summed E-state index contributed by atoms with van der Waals surface area (Å²) in [4.78, 5) is 35.8. The molecule has 1 aromatic heterocycles. The lowest BCUT2D eigenvalue weighted by atomic mass is 10.1. The molecule has 2 aromatic rings. The normalized spacial score (nSPS) is 14.4. The number of benzene rings is 1. The summed E-state index contributed by atoms with van der Waals surface area (Å²) in [7, 11) is 3.39. The number of quaternary nitrogens is 1. The number of hydrogen-bond acceptors (Lipinski definition) is 9. The number of likely N-dealkylation sites (tertiary alicyclic amines) is 1. The fourth-order valence-corrected chi connectivity index (χ4v) is 4.48. The molecule has 1 atom stereocenters. The van der Waals surface area contributed by atoms with Crippen LogP contribution in [-0.2, 0) is 14.3 Å². The van der Waals surface area contributed by atoms with Crippen LogP contribution in [0.3, 0.4) is 0 Å². The summed E-state index contributed by atoms with van der Waals surface area (Å²) in [5, 5.41) is 19.4. The topological polar surface area (TPSA) is 158 Å². The first-order chi connectivity index (χ1) is 20.6. The highest BCUT2D eigenvalue weighted by Crippen LogP contribution is 2.23. The summed E-state index contributed by atoms with van der Waals surface area (Å²) in [6.45, 7) is 9.25. The van der Waals surface area contributed by atoms with Crippen LogP contribution in [0.4, 0.5) is 27.9 Å². The van der Waals surface area contributed by atoms with Gasteiger partial charge in [-0.2, -0.15) is 4.98 Å². The number of methoxy groups -OCH3 is 1. The summed E-state index contributed by atoms with van der Waals surface area (Å²) in [5.74, 6) is 7.33. The number of rotatable bonds is 11. The smallest absolute Gasteiger partial charge is 0.410 e. The average molecular weight is 594 g/mol. The third kappa shape index (κ3) is 9.85. The van der Waals surface area contributed by atoms with Gasteiger partial charge in [-0.25, -0.2) is 9.78 Å². The fraction of sp³-hybridized carbons (Fsp3) is 0.516. The molecule has 12 nitrogen and oxygen atoms in total. The van der Waals surface area contributed by atoms with Gasteiger partial charge in [0.2, 0.25) is 17.8 Å². The number of nitrogens with one attached hydrogen (secondary N) is 4. The van der Waals surface area contributed by atoms with E-state index in [1.807, 2.05) is 51.3 Å². The monoisotopic (exact) mass is 593 g/mol. The van der Waals surface area contributed by atoms with Gasteiger partial charge in [-0.15, -0.1) is 0 Å². The highest BCUT2D eigenvalue weighted by molar-refractivity contribution is 5.96. The van der Waals surface area contributed by atoms with Crippen LogP contribution in [-0.4, -0.2) is 78.2 Å². The summed E-state index contributed by atoms with van der Waals surface area (Å²) >= 11 is 0. The van der Waals surface area contributed by atoms with Crippen molar-refractivity contribution in [1.82, 2.24) is 20.2 Å². The first-order valence-corrected chi connectivity index (χ1v) is 14.8. The standard InChI is InChI=1S/C31H44N8O4/c1-7-16-34-27-21(20-36-29(38-27)37-22-14-15-23(26(32)42-6)24(19-22)33-5)12-9-8-10-17-35-28(40)25-13-11-18-39(25)30(41)43-31(2,3)4/h14-15,19-20,25,32-33H,7-8,10-11,13,16-18H2,1-6H3,(H,35,40)(H2,34,36,37,38)/p+1. The third-order valence-electron chi connectivity index (χ3n) is 6.58. The molecule has 0 saturated carbocycles. The van der Waals surface area contributed by atoms with Crippen molar-refractivity contribution in [3.63, 3.8) is 0 Å². The van der Waals surface area contributed by atoms with E-state index < -0.39 is 17.7 Å². The molecule has 6 N–H and O–H groups in total. The number of carbonyl (C=O) groups excluding carboxylic acids is 2. The Balaban J connectivity index is 1.57. The predicted molar refractivity (Wildman–Crippen MR) is 167 cm³/mol. The molecular formula is C31H45N8O4+. The molecule has 0 aliphatic carbocycles. The number of amides is 2. The van der Waals surface area contributed by atoms with Crippen LogP contribution >= 0.6 is 0 Å². The van der Waals surface area contributed by atoms with E-state index in [2.05, 4.69) is 44.7 Å². The molecule has 232 valence electrons. The van der Waals surface area contributed by atoms with Crippen molar-refractivity contribution >= 4 is 41.0 Å². The summed E-state index contributed by atoms with van der Waals surface area (Å²) < 4.78 is 10.5. The molecule has 1 unspecified atom stereocenters. The molecule has 1 saturated heterocycles. The number of aromatic nitrogens is 2. The zero-order valence-corrected chi connectivity index (χ0v) is 26.1. The molecule has 0 spiro atoms. The lowest BCUT2D eigenvalue weighted by molar-refractivity contribution is -0.539. The summed E-state index contributed by atoms with van der Waals surface area (Å²) in [6, 6.07) is 5.10. The van der Waals surface area contributed by atoms with Crippen molar-refractivity contribution in [2.24, 2.45) is 0 Å². The van der Waals surface area contributed by atoms with Crippen LogP contribution in [0.2, 0.25) is 0 Å². The van der Waals surface area contributed by atoms with Gasteiger partial charge in [-0.05, 0) is 58.6 Å². The second-order valence-electron chi connectivity index (χ2n) is 11.2. The van der Waals surface area contributed by atoms with E-state index in [-0.39, 0.29) is 11.8 Å². The molecule has 0 bridgehead atoms. The number of nitrogens with zero attached hydrogens (tertiary/aromatic N) is 3. The molecule has 1 fully saturated rings. The minimum atomic E-state index is -0.603. The molecule has 3 rings (SSSR count). The van der Waals surface area contributed by atoms with Crippen LogP contribution in [0.25, 0.3) is 0 Å². The number of unbranched alkanes of at least 4 members (excludes halogenated alkanes) is 1. The van der Waals surface area contributed by atoms with Gasteiger partial charge in [-0.3, -0.25) is 15.1 Å². The molecule has 0 radical (unpaired) electrons. The van der Waals surface area contributed by atoms with Gasteiger partial charge >= 0.3 is 6.09 Å². The maximum Gasteiger partial charge on any atom is 0.410 e. The number of carbonyl (C=O) groups is 2.